The highest BCUT2D eigenvalue weighted by molar-refractivity contribution is 5.84. The van der Waals surface area contributed by atoms with Gasteiger partial charge in [0.05, 0.1) is 0 Å². The second-order valence-electron chi connectivity index (χ2n) is 5.22. The van der Waals surface area contributed by atoms with Crippen LogP contribution in [0, 0.1) is 5.41 Å². The van der Waals surface area contributed by atoms with Crippen molar-refractivity contribution < 1.29 is 14.3 Å². The molecule has 0 fully saturated rings. The largest absolute Gasteiger partial charge is 0.475 e. The highest BCUT2D eigenvalue weighted by atomic mass is 16.4. The van der Waals surface area contributed by atoms with Crippen LogP contribution in [0.5, 0.6) is 0 Å². The van der Waals surface area contributed by atoms with E-state index in [1.54, 1.807) is 6.07 Å². The van der Waals surface area contributed by atoms with Gasteiger partial charge in [0.2, 0.25) is 5.76 Å². The summed E-state index contributed by atoms with van der Waals surface area (Å²) in [5, 5.41) is 11.8. The molecule has 1 heterocycles. The molecule has 0 aromatic carbocycles. The summed E-state index contributed by atoms with van der Waals surface area (Å²) < 4.78 is 5.12. The fraction of sp³-hybridized carbons (Fsp3) is 0.583. The van der Waals surface area contributed by atoms with Gasteiger partial charge in [-0.2, -0.15) is 0 Å². The number of anilines is 1. The Balaban J connectivity index is 2.52. The average molecular weight is 240 g/mol. The summed E-state index contributed by atoms with van der Waals surface area (Å²) in [6.45, 7) is 5.94. The van der Waals surface area contributed by atoms with Crippen molar-refractivity contribution in [3.8, 4) is 0 Å². The summed E-state index contributed by atoms with van der Waals surface area (Å²) in [5.41, 5.74) is 0.0830. The Labute approximate surface area is 101 Å². The van der Waals surface area contributed by atoms with E-state index in [1.807, 2.05) is 14.1 Å². The number of aromatic carboxylic acids is 1. The van der Waals surface area contributed by atoms with Gasteiger partial charge in [-0.1, -0.05) is 13.8 Å². The van der Waals surface area contributed by atoms with Crippen LogP contribution in [0.2, 0.25) is 0 Å². The van der Waals surface area contributed by atoms with Crippen LogP contribution < -0.4 is 5.32 Å². The SMILES string of the molecule is CN(C)CC(C)(C)CNc1ccc(C(=O)O)o1. The number of furan rings is 1. The molecule has 0 aliphatic carbocycles. The Kier molecular flexibility index (Phi) is 4.17. The summed E-state index contributed by atoms with van der Waals surface area (Å²) in [4.78, 5) is 12.8. The molecule has 0 spiro atoms. The zero-order chi connectivity index (χ0) is 13.1. The Hall–Kier alpha value is -1.49. The minimum Gasteiger partial charge on any atom is -0.475 e. The van der Waals surface area contributed by atoms with Crippen LogP contribution in [0.4, 0.5) is 5.88 Å². The molecule has 0 radical (unpaired) electrons. The van der Waals surface area contributed by atoms with E-state index in [0.29, 0.717) is 5.88 Å². The minimum atomic E-state index is -1.05. The molecule has 0 aliphatic rings. The van der Waals surface area contributed by atoms with Gasteiger partial charge < -0.3 is 19.7 Å². The molecular weight excluding hydrogens is 220 g/mol. The van der Waals surface area contributed by atoms with Gasteiger partial charge in [-0.15, -0.1) is 0 Å². The Morgan fingerprint density at radius 3 is 2.59 bits per heavy atom. The third-order valence-electron chi connectivity index (χ3n) is 2.30. The first-order chi connectivity index (χ1) is 7.80. The van der Waals surface area contributed by atoms with Crippen molar-refractivity contribution in [2.24, 2.45) is 5.41 Å². The van der Waals surface area contributed by atoms with Crippen molar-refractivity contribution in [3.63, 3.8) is 0 Å². The molecule has 1 aromatic rings. The first-order valence-electron chi connectivity index (χ1n) is 5.52. The van der Waals surface area contributed by atoms with E-state index < -0.39 is 5.97 Å². The molecular formula is C12H20N2O3. The van der Waals surface area contributed by atoms with Crippen molar-refractivity contribution >= 4 is 11.9 Å². The predicted octanol–water partition coefficient (Wildman–Crippen LogP) is 1.98. The third-order valence-corrected chi connectivity index (χ3v) is 2.30. The summed E-state index contributed by atoms with van der Waals surface area (Å²) >= 11 is 0. The minimum absolute atomic E-state index is 0.0436. The second kappa shape index (κ2) is 5.23. The van der Waals surface area contributed by atoms with Gasteiger partial charge >= 0.3 is 5.97 Å². The van der Waals surface area contributed by atoms with Gasteiger partial charge in [0, 0.05) is 19.2 Å². The number of carboxylic acids is 1. The molecule has 0 saturated carbocycles. The first kappa shape index (κ1) is 13.6. The first-order valence-corrected chi connectivity index (χ1v) is 5.52. The Bertz CT molecular complexity index is 383. The summed E-state index contributed by atoms with van der Waals surface area (Å²) in [6, 6.07) is 3.08. The average Bonchev–Trinajstić information content (AvgIpc) is 2.61. The van der Waals surface area contributed by atoms with Crippen molar-refractivity contribution in [3.05, 3.63) is 17.9 Å². The van der Waals surface area contributed by atoms with Gasteiger partial charge in [0.1, 0.15) is 0 Å². The van der Waals surface area contributed by atoms with E-state index in [-0.39, 0.29) is 11.2 Å². The van der Waals surface area contributed by atoms with Gasteiger partial charge in [-0.25, -0.2) is 4.79 Å². The Morgan fingerprint density at radius 2 is 2.12 bits per heavy atom. The monoisotopic (exact) mass is 240 g/mol. The zero-order valence-electron chi connectivity index (χ0n) is 10.8. The van der Waals surface area contributed by atoms with Crippen molar-refractivity contribution in [2.45, 2.75) is 13.8 Å². The van der Waals surface area contributed by atoms with Crippen LogP contribution in [-0.2, 0) is 0 Å². The second-order valence-corrected chi connectivity index (χ2v) is 5.22. The molecule has 2 N–H and O–H groups in total. The van der Waals surface area contributed by atoms with E-state index in [1.165, 1.54) is 6.07 Å². The van der Waals surface area contributed by atoms with Gasteiger partial charge in [0.15, 0.2) is 5.88 Å². The van der Waals surface area contributed by atoms with Crippen LogP contribution in [0.1, 0.15) is 24.4 Å². The lowest BCUT2D eigenvalue weighted by Gasteiger charge is -2.28. The molecule has 0 bridgehead atoms. The van der Waals surface area contributed by atoms with E-state index in [9.17, 15) is 4.79 Å². The number of nitrogens with zero attached hydrogens (tertiary/aromatic N) is 1. The number of nitrogens with one attached hydrogen (secondary N) is 1. The maximum Gasteiger partial charge on any atom is 0.371 e. The zero-order valence-corrected chi connectivity index (χ0v) is 10.8. The van der Waals surface area contributed by atoms with Crippen LogP contribution in [-0.4, -0.2) is 43.2 Å². The van der Waals surface area contributed by atoms with Crippen LogP contribution in [0.3, 0.4) is 0 Å². The summed E-state index contributed by atoms with van der Waals surface area (Å²) in [5.74, 6) is -0.599. The third kappa shape index (κ3) is 4.48. The quantitative estimate of drug-likeness (QED) is 0.796. The lowest BCUT2D eigenvalue weighted by Crippen LogP contribution is -2.34. The lowest BCUT2D eigenvalue weighted by atomic mass is 9.93. The smallest absolute Gasteiger partial charge is 0.371 e. The Morgan fingerprint density at radius 1 is 1.47 bits per heavy atom. The van der Waals surface area contributed by atoms with E-state index in [0.717, 1.165) is 13.1 Å². The molecule has 0 amide bonds. The molecule has 1 rings (SSSR count). The number of rotatable bonds is 6. The normalized spacial score (nSPS) is 11.8. The highest BCUT2D eigenvalue weighted by Gasteiger charge is 2.19. The molecule has 96 valence electrons. The fourth-order valence-electron chi connectivity index (χ4n) is 1.79. The lowest BCUT2D eigenvalue weighted by molar-refractivity contribution is 0.0663. The van der Waals surface area contributed by atoms with Gasteiger partial charge in [-0.3, -0.25) is 0 Å². The molecule has 0 atom stereocenters. The molecule has 0 aliphatic heterocycles. The van der Waals surface area contributed by atoms with E-state index in [4.69, 9.17) is 9.52 Å². The highest BCUT2D eigenvalue weighted by Crippen LogP contribution is 2.19. The fourth-order valence-corrected chi connectivity index (χ4v) is 1.79. The maximum absolute atomic E-state index is 10.6. The van der Waals surface area contributed by atoms with Crippen LogP contribution >= 0.6 is 0 Å². The van der Waals surface area contributed by atoms with Crippen molar-refractivity contribution in [2.75, 3.05) is 32.5 Å². The molecule has 5 nitrogen and oxygen atoms in total. The van der Waals surface area contributed by atoms with Crippen molar-refractivity contribution in [1.82, 2.24) is 4.90 Å². The van der Waals surface area contributed by atoms with Crippen molar-refractivity contribution in [1.29, 1.82) is 0 Å². The summed E-state index contributed by atoms with van der Waals surface area (Å²) in [6.07, 6.45) is 0. The topological polar surface area (TPSA) is 65.7 Å². The number of hydrogen-bond donors (Lipinski definition) is 2. The molecule has 5 heteroatoms. The number of carbonyl (C=O) groups is 1. The van der Waals surface area contributed by atoms with Crippen LogP contribution in [0.15, 0.2) is 16.5 Å². The standard InChI is InChI=1S/C12H20N2O3/c1-12(2,8-14(3)4)7-13-10-6-5-9(17-10)11(15)16/h5-6,13H,7-8H2,1-4H3,(H,15,16). The molecule has 17 heavy (non-hydrogen) atoms. The predicted molar refractivity (Wildman–Crippen MR) is 66.5 cm³/mol. The van der Waals surface area contributed by atoms with Crippen LogP contribution in [0.25, 0.3) is 0 Å². The summed E-state index contributed by atoms with van der Waals surface area (Å²) in [7, 11) is 4.05. The van der Waals surface area contributed by atoms with Gasteiger partial charge in [-0.05, 0) is 25.6 Å². The number of carboxylic acid groups (broad SMARTS) is 1. The molecule has 0 unspecified atom stereocenters. The maximum atomic E-state index is 10.6. The molecule has 0 saturated heterocycles. The number of hydrogen-bond acceptors (Lipinski definition) is 4. The van der Waals surface area contributed by atoms with Gasteiger partial charge in [0.25, 0.3) is 0 Å². The molecule has 1 aromatic heterocycles. The van der Waals surface area contributed by atoms with E-state index in [2.05, 4.69) is 24.1 Å². The van der Waals surface area contributed by atoms with E-state index >= 15 is 0 Å².